The molecule has 4 heteroatoms. The van der Waals surface area contributed by atoms with Gasteiger partial charge in [-0.1, -0.05) is 32.4 Å². The Hall–Kier alpha value is -1.55. The minimum atomic E-state index is -0.415. The highest BCUT2D eigenvalue weighted by Gasteiger charge is 2.30. The van der Waals surface area contributed by atoms with Gasteiger partial charge >= 0.3 is 0 Å². The summed E-state index contributed by atoms with van der Waals surface area (Å²) in [6, 6.07) is 7.59. The van der Waals surface area contributed by atoms with E-state index in [0.29, 0.717) is 6.54 Å². The van der Waals surface area contributed by atoms with Crippen molar-refractivity contribution >= 4 is 17.3 Å². The number of fused-ring (bicyclic) bond motifs is 1. The van der Waals surface area contributed by atoms with E-state index in [0.717, 1.165) is 24.3 Å². The van der Waals surface area contributed by atoms with Crippen molar-refractivity contribution in [3.8, 4) is 0 Å². The largest absolute Gasteiger partial charge is 0.371 e. The van der Waals surface area contributed by atoms with E-state index < -0.39 is 6.04 Å². The predicted octanol–water partition coefficient (Wildman–Crippen LogP) is 1.84. The number of hydrogen-bond acceptors (Lipinski definition) is 3. The number of nitrogens with zero attached hydrogens (tertiary/aromatic N) is 2. The lowest BCUT2D eigenvalue weighted by atomic mass is 9.98. The maximum Gasteiger partial charge on any atom is 0.244 e. The van der Waals surface area contributed by atoms with Crippen molar-refractivity contribution in [3.63, 3.8) is 0 Å². The zero-order valence-electron chi connectivity index (χ0n) is 12.0. The van der Waals surface area contributed by atoms with Gasteiger partial charge in [0.1, 0.15) is 0 Å². The fourth-order valence-electron chi connectivity index (χ4n) is 2.41. The Morgan fingerprint density at radius 2 is 1.95 bits per heavy atom. The smallest absolute Gasteiger partial charge is 0.244 e. The molecule has 19 heavy (non-hydrogen) atoms. The van der Waals surface area contributed by atoms with Crippen molar-refractivity contribution in [1.29, 1.82) is 0 Å². The highest BCUT2D eigenvalue weighted by molar-refractivity contribution is 6.00. The van der Waals surface area contributed by atoms with Gasteiger partial charge in [0, 0.05) is 20.1 Å². The molecule has 1 aromatic rings. The summed E-state index contributed by atoms with van der Waals surface area (Å²) in [5, 5.41) is 0. The number of para-hydroxylation sites is 2. The fourth-order valence-corrected chi connectivity index (χ4v) is 2.41. The summed E-state index contributed by atoms with van der Waals surface area (Å²) in [5.41, 5.74) is 8.16. The van der Waals surface area contributed by atoms with Crippen molar-refractivity contribution in [2.75, 3.05) is 29.9 Å². The van der Waals surface area contributed by atoms with Gasteiger partial charge in [0.15, 0.2) is 0 Å². The van der Waals surface area contributed by atoms with E-state index in [2.05, 4.69) is 18.9 Å². The Labute approximate surface area is 115 Å². The van der Waals surface area contributed by atoms with Crippen molar-refractivity contribution in [2.24, 2.45) is 11.7 Å². The molecular formula is C15H23N3O. The highest BCUT2D eigenvalue weighted by atomic mass is 16.2. The number of hydrogen-bond donors (Lipinski definition) is 1. The first-order valence-corrected chi connectivity index (χ1v) is 6.93. The van der Waals surface area contributed by atoms with Crippen molar-refractivity contribution in [1.82, 2.24) is 0 Å². The second-order valence-corrected chi connectivity index (χ2v) is 5.31. The van der Waals surface area contributed by atoms with Crippen LogP contribution >= 0.6 is 0 Å². The van der Waals surface area contributed by atoms with Gasteiger partial charge in [0.05, 0.1) is 17.4 Å². The van der Waals surface area contributed by atoms with E-state index >= 15 is 0 Å². The second-order valence-electron chi connectivity index (χ2n) is 5.31. The van der Waals surface area contributed by atoms with Gasteiger partial charge < -0.3 is 15.5 Å². The topological polar surface area (TPSA) is 49.6 Å². The van der Waals surface area contributed by atoms with Crippen LogP contribution < -0.4 is 15.5 Å². The molecule has 2 atom stereocenters. The Bertz CT molecular complexity index is 460. The molecule has 4 nitrogen and oxygen atoms in total. The average molecular weight is 261 g/mol. The van der Waals surface area contributed by atoms with Crippen LogP contribution in [0.25, 0.3) is 0 Å². The monoisotopic (exact) mass is 261 g/mol. The third-order valence-corrected chi connectivity index (χ3v) is 4.05. The molecule has 1 amide bonds. The molecule has 104 valence electrons. The lowest BCUT2D eigenvalue weighted by molar-refractivity contribution is -0.120. The number of likely N-dealkylation sites (N-methyl/N-ethyl adjacent to an activating group) is 1. The third-order valence-electron chi connectivity index (χ3n) is 4.05. The summed E-state index contributed by atoms with van der Waals surface area (Å²) in [6.07, 6.45) is 0.919. The molecule has 0 fully saturated rings. The molecular weight excluding hydrogens is 238 g/mol. The van der Waals surface area contributed by atoms with Crippen LogP contribution in [0.2, 0.25) is 0 Å². The van der Waals surface area contributed by atoms with Gasteiger partial charge in [-0.05, 0) is 18.1 Å². The van der Waals surface area contributed by atoms with Gasteiger partial charge in [0.25, 0.3) is 0 Å². The minimum Gasteiger partial charge on any atom is -0.371 e. The van der Waals surface area contributed by atoms with Gasteiger partial charge in [-0.25, -0.2) is 0 Å². The Morgan fingerprint density at radius 1 is 1.32 bits per heavy atom. The molecule has 1 aliphatic heterocycles. The molecule has 0 spiro atoms. The summed E-state index contributed by atoms with van der Waals surface area (Å²) >= 11 is 0. The fraction of sp³-hybridized carbons (Fsp3) is 0.533. The average Bonchev–Trinajstić information content (AvgIpc) is 2.45. The first-order valence-electron chi connectivity index (χ1n) is 6.93. The number of anilines is 2. The summed E-state index contributed by atoms with van der Waals surface area (Å²) < 4.78 is 0. The Kier molecular flexibility index (Phi) is 4.10. The van der Waals surface area contributed by atoms with Crippen molar-refractivity contribution < 1.29 is 4.79 Å². The van der Waals surface area contributed by atoms with Crippen LogP contribution in [0.3, 0.4) is 0 Å². The quantitative estimate of drug-likeness (QED) is 0.903. The minimum absolute atomic E-state index is 0.0369. The first-order chi connectivity index (χ1) is 9.06. The number of rotatable bonds is 3. The molecule has 0 saturated heterocycles. The second kappa shape index (κ2) is 5.61. The molecule has 0 radical (unpaired) electrons. The zero-order chi connectivity index (χ0) is 14.0. The molecule has 0 bridgehead atoms. The van der Waals surface area contributed by atoms with Crippen LogP contribution in [0.4, 0.5) is 11.4 Å². The number of nitrogens with two attached hydrogens (primary N) is 1. The summed E-state index contributed by atoms with van der Waals surface area (Å²) in [6.45, 7) is 5.65. The van der Waals surface area contributed by atoms with Crippen molar-refractivity contribution in [3.05, 3.63) is 24.3 Å². The Balaban J connectivity index is 2.27. The molecule has 0 aromatic heterocycles. The standard InChI is InChI=1S/C15H23N3O/c1-4-11(2)14(16)15(19)18-10-9-17(3)12-7-5-6-8-13(12)18/h5-8,11,14H,4,9-10,16H2,1-3H3/t11?,14-/m0/s1. The normalized spacial score (nSPS) is 17.9. The van der Waals surface area contributed by atoms with E-state index in [-0.39, 0.29) is 11.8 Å². The summed E-state index contributed by atoms with van der Waals surface area (Å²) in [5.74, 6) is 0.245. The number of carbonyl (C=O) groups is 1. The first kappa shape index (κ1) is 13.9. The molecule has 1 aliphatic rings. The number of amides is 1. The number of carbonyl (C=O) groups excluding carboxylic acids is 1. The SMILES string of the molecule is CCC(C)[C@H](N)C(=O)N1CCN(C)c2ccccc21. The van der Waals surface area contributed by atoms with Gasteiger partial charge in [-0.2, -0.15) is 0 Å². The molecule has 1 heterocycles. The maximum absolute atomic E-state index is 12.6. The van der Waals surface area contributed by atoms with Crippen LogP contribution in [0, 0.1) is 5.92 Å². The van der Waals surface area contributed by atoms with Crippen LogP contribution in [-0.2, 0) is 4.79 Å². The van der Waals surface area contributed by atoms with E-state index in [4.69, 9.17) is 5.73 Å². The van der Waals surface area contributed by atoms with E-state index in [1.54, 1.807) is 0 Å². The predicted molar refractivity (Wildman–Crippen MR) is 79.5 cm³/mol. The van der Waals surface area contributed by atoms with Gasteiger partial charge in [-0.15, -0.1) is 0 Å². The molecule has 0 saturated carbocycles. The highest BCUT2D eigenvalue weighted by Crippen LogP contribution is 2.32. The molecule has 2 rings (SSSR count). The van der Waals surface area contributed by atoms with E-state index in [1.807, 2.05) is 36.1 Å². The number of benzene rings is 1. The zero-order valence-corrected chi connectivity index (χ0v) is 12.0. The van der Waals surface area contributed by atoms with Crippen LogP contribution in [-0.4, -0.2) is 32.1 Å². The van der Waals surface area contributed by atoms with Crippen LogP contribution in [0.5, 0.6) is 0 Å². The van der Waals surface area contributed by atoms with Gasteiger partial charge in [0.2, 0.25) is 5.91 Å². The molecule has 1 aromatic carbocycles. The van der Waals surface area contributed by atoms with Crippen molar-refractivity contribution in [2.45, 2.75) is 26.3 Å². The Morgan fingerprint density at radius 3 is 2.58 bits per heavy atom. The summed E-state index contributed by atoms with van der Waals surface area (Å²) in [4.78, 5) is 16.6. The maximum atomic E-state index is 12.6. The molecule has 0 aliphatic carbocycles. The van der Waals surface area contributed by atoms with Crippen LogP contribution in [0.15, 0.2) is 24.3 Å². The van der Waals surface area contributed by atoms with E-state index in [1.165, 1.54) is 0 Å². The van der Waals surface area contributed by atoms with E-state index in [9.17, 15) is 4.79 Å². The van der Waals surface area contributed by atoms with Gasteiger partial charge in [-0.3, -0.25) is 4.79 Å². The third kappa shape index (κ3) is 2.59. The molecule has 1 unspecified atom stereocenters. The lowest BCUT2D eigenvalue weighted by Gasteiger charge is -2.37. The lowest BCUT2D eigenvalue weighted by Crippen LogP contribution is -2.51. The summed E-state index contributed by atoms with van der Waals surface area (Å²) in [7, 11) is 2.05. The van der Waals surface area contributed by atoms with Crippen LogP contribution in [0.1, 0.15) is 20.3 Å². The molecule has 2 N–H and O–H groups in total.